The fourth-order valence-electron chi connectivity index (χ4n) is 2.72. The van der Waals surface area contributed by atoms with Crippen molar-refractivity contribution >= 4 is 5.78 Å². The van der Waals surface area contributed by atoms with Gasteiger partial charge >= 0.3 is 0 Å². The molecule has 0 bridgehead atoms. The van der Waals surface area contributed by atoms with Crippen LogP contribution in [0.1, 0.15) is 47.5 Å². The molecular formula is C13H24O2. The molecule has 0 aliphatic carbocycles. The van der Waals surface area contributed by atoms with Crippen molar-refractivity contribution in [3.05, 3.63) is 0 Å². The maximum Gasteiger partial charge on any atom is 0.141 e. The van der Waals surface area contributed by atoms with Gasteiger partial charge in [-0.1, -0.05) is 20.8 Å². The number of ketones is 1. The molecule has 0 aromatic heterocycles. The fraction of sp³-hybridized carbons (Fsp3) is 0.923. The first kappa shape index (κ1) is 12.7. The van der Waals surface area contributed by atoms with Crippen LogP contribution in [0.25, 0.3) is 0 Å². The van der Waals surface area contributed by atoms with Gasteiger partial charge in [-0.2, -0.15) is 0 Å². The first-order valence-corrected chi connectivity index (χ1v) is 6.22. The average molecular weight is 212 g/mol. The number of carbonyl (C=O) groups excluding carboxylic acids is 1. The van der Waals surface area contributed by atoms with E-state index in [2.05, 4.69) is 27.7 Å². The zero-order valence-corrected chi connectivity index (χ0v) is 10.6. The predicted molar refractivity (Wildman–Crippen MR) is 61.7 cm³/mol. The second-order valence-corrected chi connectivity index (χ2v) is 4.85. The second-order valence-electron chi connectivity index (χ2n) is 4.85. The third kappa shape index (κ3) is 2.41. The molecule has 0 aromatic carbocycles. The molecule has 1 aliphatic rings. The van der Waals surface area contributed by atoms with E-state index in [9.17, 15) is 4.79 Å². The van der Waals surface area contributed by atoms with Crippen molar-refractivity contribution in [1.82, 2.24) is 0 Å². The molecule has 1 heterocycles. The van der Waals surface area contributed by atoms with Crippen molar-refractivity contribution in [2.75, 3.05) is 0 Å². The lowest BCUT2D eigenvalue weighted by Crippen LogP contribution is -2.31. The Morgan fingerprint density at radius 2 is 1.67 bits per heavy atom. The number of hydrogen-bond acceptors (Lipinski definition) is 2. The highest BCUT2D eigenvalue weighted by Gasteiger charge is 2.42. The molecule has 1 fully saturated rings. The van der Waals surface area contributed by atoms with Gasteiger partial charge in [-0.15, -0.1) is 0 Å². The zero-order chi connectivity index (χ0) is 11.6. The lowest BCUT2D eigenvalue weighted by molar-refractivity contribution is -0.129. The molecule has 88 valence electrons. The van der Waals surface area contributed by atoms with Crippen molar-refractivity contribution in [3.63, 3.8) is 0 Å². The maximum atomic E-state index is 12.3. The predicted octanol–water partition coefficient (Wildman–Crippen LogP) is 3.05. The molecule has 0 amide bonds. The molecule has 0 radical (unpaired) electrons. The Hall–Kier alpha value is -0.370. The number of ether oxygens (including phenoxy) is 1. The van der Waals surface area contributed by atoms with Crippen LogP contribution in [0.3, 0.4) is 0 Å². The summed E-state index contributed by atoms with van der Waals surface area (Å²) in [6, 6.07) is 0. The Morgan fingerprint density at radius 3 is 2.00 bits per heavy atom. The van der Waals surface area contributed by atoms with Crippen LogP contribution in [0.15, 0.2) is 0 Å². The standard InChI is InChI=1S/C13H24O2/c1-6-11(7-2)13(14)12-8(3)9(4)15-10(12)5/h8-12H,6-7H2,1-5H3. The molecule has 0 N–H and O–H groups in total. The van der Waals surface area contributed by atoms with E-state index in [0.717, 1.165) is 12.8 Å². The topological polar surface area (TPSA) is 26.3 Å². The van der Waals surface area contributed by atoms with E-state index >= 15 is 0 Å². The van der Waals surface area contributed by atoms with Crippen LogP contribution >= 0.6 is 0 Å². The largest absolute Gasteiger partial charge is 0.375 e. The van der Waals surface area contributed by atoms with E-state index in [-0.39, 0.29) is 24.0 Å². The van der Waals surface area contributed by atoms with Crippen LogP contribution in [0.2, 0.25) is 0 Å². The molecule has 0 aromatic rings. The number of hydrogen-bond donors (Lipinski definition) is 0. The van der Waals surface area contributed by atoms with Gasteiger partial charge in [0.2, 0.25) is 0 Å². The third-order valence-corrected chi connectivity index (χ3v) is 3.96. The first-order chi connectivity index (χ1) is 7.02. The summed E-state index contributed by atoms with van der Waals surface area (Å²) in [5.41, 5.74) is 0. The molecule has 2 heteroatoms. The van der Waals surface area contributed by atoms with Gasteiger partial charge in [0, 0.05) is 11.8 Å². The minimum atomic E-state index is 0.100. The average Bonchev–Trinajstić information content (AvgIpc) is 2.43. The summed E-state index contributed by atoms with van der Waals surface area (Å²) in [6.45, 7) is 10.4. The van der Waals surface area contributed by atoms with Crippen molar-refractivity contribution in [3.8, 4) is 0 Å². The van der Waals surface area contributed by atoms with Gasteiger partial charge in [0.1, 0.15) is 5.78 Å². The van der Waals surface area contributed by atoms with Gasteiger partial charge in [-0.3, -0.25) is 4.79 Å². The molecule has 1 saturated heterocycles. The van der Waals surface area contributed by atoms with E-state index in [1.54, 1.807) is 0 Å². The number of carbonyl (C=O) groups is 1. The van der Waals surface area contributed by atoms with Crippen LogP contribution in [-0.4, -0.2) is 18.0 Å². The van der Waals surface area contributed by atoms with Gasteiger partial charge in [0.25, 0.3) is 0 Å². The Morgan fingerprint density at radius 1 is 1.13 bits per heavy atom. The Bertz CT molecular complexity index is 221. The summed E-state index contributed by atoms with van der Waals surface area (Å²) in [7, 11) is 0. The lowest BCUT2D eigenvalue weighted by Gasteiger charge is -2.22. The fourth-order valence-corrected chi connectivity index (χ4v) is 2.72. The van der Waals surface area contributed by atoms with Crippen LogP contribution in [0, 0.1) is 17.8 Å². The van der Waals surface area contributed by atoms with Gasteiger partial charge in [0.05, 0.1) is 12.2 Å². The first-order valence-electron chi connectivity index (χ1n) is 6.22. The van der Waals surface area contributed by atoms with E-state index in [1.165, 1.54) is 0 Å². The number of rotatable bonds is 4. The minimum absolute atomic E-state index is 0.100. The summed E-state index contributed by atoms with van der Waals surface area (Å²) >= 11 is 0. The third-order valence-electron chi connectivity index (χ3n) is 3.96. The molecule has 4 atom stereocenters. The van der Waals surface area contributed by atoms with Crippen LogP contribution in [0.4, 0.5) is 0 Å². The zero-order valence-electron chi connectivity index (χ0n) is 10.6. The van der Waals surface area contributed by atoms with E-state index in [0.29, 0.717) is 11.7 Å². The quantitative estimate of drug-likeness (QED) is 0.716. The molecular weight excluding hydrogens is 188 g/mol. The molecule has 1 aliphatic heterocycles. The van der Waals surface area contributed by atoms with Crippen molar-refractivity contribution in [1.29, 1.82) is 0 Å². The van der Waals surface area contributed by atoms with E-state index < -0.39 is 0 Å². The van der Waals surface area contributed by atoms with E-state index in [1.807, 2.05) is 6.92 Å². The summed E-state index contributed by atoms with van der Waals surface area (Å²) in [4.78, 5) is 12.3. The molecule has 4 unspecified atom stereocenters. The maximum absolute atomic E-state index is 12.3. The minimum Gasteiger partial charge on any atom is -0.375 e. The Kier molecular flexibility index (Phi) is 4.32. The van der Waals surface area contributed by atoms with Crippen LogP contribution in [-0.2, 0) is 9.53 Å². The molecule has 2 nitrogen and oxygen atoms in total. The van der Waals surface area contributed by atoms with E-state index in [4.69, 9.17) is 4.74 Å². The van der Waals surface area contributed by atoms with Crippen molar-refractivity contribution < 1.29 is 9.53 Å². The highest BCUT2D eigenvalue weighted by atomic mass is 16.5. The van der Waals surface area contributed by atoms with Crippen LogP contribution in [0.5, 0.6) is 0 Å². The van der Waals surface area contributed by atoms with Gasteiger partial charge in [0.15, 0.2) is 0 Å². The monoisotopic (exact) mass is 212 g/mol. The highest BCUT2D eigenvalue weighted by Crippen LogP contribution is 2.35. The molecule has 0 saturated carbocycles. The molecule has 15 heavy (non-hydrogen) atoms. The van der Waals surface area contributed by atoms with Crippen LogP contribution < -0.4 is 0 Å². The molecule has 0 spiro atoms. The van der Waals surface area contributed by atoms with Gasteiger partial charge in [-0.25, -0.2) is 0 Å². The number of Topliss-reactive ketones (excluding diaryl/α,β-unsaturated/α-hetero) is 1. The summed E-state index contributed by atoms with van der Waals surface area (Å²) in [5, 5.41) is 0. The van der Waals surface area contributed by atoms with Crippen molar-refractivity contribution in [2.45, 2.75) is 59.7 Å². The SMILES string of the molecule is CCC(CC)C(=O)C1C(C)OC(C)C1C. The lowest BCUT2D eigenvalue weighted by atomic mass is 9.79. The van der Waals surface area contributed by atoms with Crippen molar-refractivity contribution in [2.24, 2.45) is 17.8 Å². The van der Waals surface area contributed by atoms with Gasteiger partial charge < -0.3 is 4.74 Å². The highest BCUT2D eigenvalue weighted by molar-refractivity contribution is 5.84. The second kappa shape index (κ2) is 5.11. The molecule has 1 rings (SSSR count). The summed E-state index contributed by atoms with van der Waals surface area (Å²) in [5.74, 6) is 1.14. The summed E-state index contributed by atoms with van der Waals surface area (Å²) < 4.78 is 5.73. The smallest absolute Gasteiger partial charge is 0.141 e. The summed E-state index contributed by atoms with van der Waals surface area (Å²) in [6.07, 6.45) is 2.24. The normalized spacial score (nSPS) is 36.1. The Balaban J connectivity index is 2.74. The Labute approximate surface area is 93.4 Å². The van der Waals surface area contributed by atoms with Gasteiger partial charge in [-0.05, 0) is 32.6 Å².